The Kier molecular flexibility index (Phi) is 5.66. The maximum atomic E-state index is 12.4. The monoisotopic (exact) mass is 401 g/mol. The number of carbonyl (C=O) groups is 1. The van der Waals surface area contributed by atoms with Crippen molar-refractivity contribution in [2.24, 2.45) is 0 Å². The molecule has 2 aromatic carbocycles. The fourth-order valence-electron chi connectivity index (χ4n) is 2.70. The number of rotatable bonds is 7. The lowest BCUT2D eigenvalue weighted by atomic mass is 10.2. The van der Waals surface area contributed by atoms with Gasteiger partial charge in [0.1, 0.15) is 29.9 Å². The smallest absolute Gasteiger partial charge is 0.257 e. The summed E-state index contributed by atoms with van der Waals surface area (Å²) in [7, 11) is 0. The van der Waals surface area contributed by atoms with Crippen molar-refractivity contribution in [3.05, 3.63) is 85.1 Å². The van der Waals surface area contributed by atoms with Gasteiger partial charge in [-0.15, -0.1) is 0 Å². The van der Waals surface area contributed by atoms with Gasteiger partial charge in [-0.25, -0.2) is 14.6 Å². The van der Waals surface area contributed by atoms with E-state index in [0.29, 0.717) is 35.2 Å². The molecule has 0 fully saturated rings. The minimum atomic E-state index is -0.257. The van der Waals surface area contributed by atoms with Crippen LogP contribution in [0.2, 0.25) is 0 Å². The number of nitrogens with zero attached hydrogens (tertiary/aromatic N) is 4. The van der Waals surface area contributed by atoms with Gasteiger partial charge in [-0.1, -0.05) is 0 Å². The fourth-order valence-corrected chi connectivity index (χ4v) is 2.70. The number of pyridine rings is 1. The summed E-state index contributed by atoms with van der Waals surface area (Å²) in [5, 5.41) is 6.84. The summed E-state index contributed by atoms with van der Waals surface area (Å²) in [6, 6.07) is 17.9. The van der Waals surface area contributed by atoms with Crippen LogP contribution < -0.4 is 14.8 Å². The number of hydrogen-bond donors (Lipinski definition) is 1. The Bertz CT molecular complexity index is 1090. The van der Waals surface area contributed by atoms with Crippen molar-refractivity contribution >= 4 is 11.6 Å². The lowest BCUT2D eigenvalue weighted by molar-refractivity contribution is 0.102. The van der Waals surface area contributed by atoms with Crippen LogP contribution >= 0.6 is 0 Å². The van der Waals surface area contributed by atoms with Crippen LogP contribution in [0.3, 0.4) is 0 Å². The number of ether oxygens (including phenoxy) is 2. The first-order chi connectivity index (χ1) is 14.7. The number of aromatic nitrogens is 4. The number of carbonyl (C=O) groups excluding carboxylic acids is 1. The van der Waals surface area contributed by atoms with Gasteiger partial charge in [0.05, 0.1) is 12.2 Å². The van der Waals surface area contributed by atoms with Gasteiger partial charge in [-0.2, -0.15) is 5.10 Å². The number of amides is 1. The number of hydrogen-bond acceptors (Lipinski definition) is 6. The Morgan fingerprint density at radius 2 is 1.67 bits per heavy atom. The zero-order chi connectivity index (χ0) is 20.8. The van der Waals surface area contributed by atoms with E-state index in [-0.39, 0.29) is 5.91 Å². The average molecular weight is 401 g/mol. The Labute approximate surface area is 173 Å². The van der Waals surface area contributed by atoms with Crippen LogP contribution in [-0.4, -0.2) is 32.3 Å². The van der Waals surface area contributed by atoms with E-state index in [1.807, 2.05) is 31.2 Å². The van der Waals surface area contributed by atoms with Crippen molar-refractivity contribution in [3.8, 4) is 23.1 Å². The van der Waals surface area contributed by atoms with Gasteiger partial charge in [0.25, 0.3) is 5.91 Å². The first kappa shape index (κ1) is 19.1. The summed E-state index contributed by atoms with van der Waals surface area (Å²) >= 11 is 0. The van der Waals surface area contributed by atoms with Gasteiger partial charge < -0.3 is 14.8 Å². The first-order valence-electron chi connectivity index (χ1n) is 9.34. The molecular weight excluding hydrogens is 382 g/mol. The standard InChI is InChI=1S/C22H19N5O3/c1-2-29-18-8-10-20(11-9-18)30-19-6-4-17(5-7-19)26-22(28)16-3-12-21(24-13-16)27-15-23-14-25-27/h3-15H,2H2,1H3,(H,26,28). The van der Waals surface area contributed by atoms with Gasteiger partial charge in [-0.05, 0) is 67.6 Å². The molecule has 30 heavy (non-hydrogen) atoms. The van der Waals surface area contributed by atoms with E-state index in [9.17, 15) is 4.79 Å². The summed E-state index contributed by atoms with van der Waals surface area (Å²) < 4.78 is 12.7. The summed E-state index contributed by atoms with van der Waals surface area (Å²) in [5.41, 5.74) is 1.09. The summed E-state index contributed by atoms with van der Waals surface area (Å²) in [4.78, 5) is 20.6. The minimum absolute atomic E-state index is 0.257. The highest BCUT2D eigenvalue weighted by Gasteiger charge is 2.08. The second kappa shape index (κ2) is 8.87. The Balaban J connectivity index is 1.36. The maximum Gasteiger partial charge on any atom is 0.257 e. The molecule has 0 saturated carbocycles. The zero-order valence-electron chi connectivity index (χ0n) is 16.2. The number of nitrogens with one attached hydrogen (secondary N) is 1. The average Bonchev–Trinajstić information content (AvgIpc) is 3.32. The highest BCUT2D eigenvalue weighted by Crippen LogP contribution is 2.25. The van der Waals surface area contributed by atoms with E-state index >= 15 is 0 Å². The third-order valence-electron chi connectivity index (χ3n) is 4.15. The van der Waals surface area contributed by atoms with Crippen LogP contribution in [0, 0.1) is 0 Å². The van der Waals surface area contributed by atoms with Crippen LogP contribution in [0.1, 0.15) is 17.3 Å². The molecule has 8 heteroatoms. The molecule has 4 aromatic rings. The highest BCUT2D eigenvalue weighted by atomic mass is 16.5. The molecule has 150 valence electrons. The zero-order valence-corrected chi connectivity index (χ0v) is 16.2. The molecule has 0 spiro atoms. The number of anilines is 1. The normalized spacial score (nSPS) is 10.4. The largest absolute Gasteiger partial charge is 0.494 e. The lowest BCUT2D eigenvalue weighted by Gasteiger charge is -2.09. The van der Waals surface area contributed by atoms with Crippen molar-refractivity contribution < 1.29 is 14.3 Å². The third kappa shape index (κ3) is 4.61. The van der Waals surface area contributed by atoms with Crippen molar-refractivity contribution in [2.45, 2.75) is 6.92 Å². The quantitative estimate of drug-likeness (QED) is 0.501. The van der Waals surface area contributed by atoms with E-state index in [1.54, 1.807) is 42.7 Å². The van der Waals surface area contributed by atoms with Crippen LogP contribution in [0.5, 0.6) is 17.2 Å². The predicted octanol–water partition coefficient (Wildman–Crippen LogP) is 4.11. The van der Waals surface area contributed by atoms with Crippen LogP contribution in [0.15, 0.2) is 79.5 Å². The second-order valence-electron chi connectivity index (χ2n) is 6.23. The summed E-state index contributed by atoms with van der Waals surface area (Å²) in [5.74, 6) is 2.49. The molecule has 0 unspecified atom stereocenters. The maximum absolute atomic E-state index is 12.4. The molecule has 4 rings (SSSR count). The van der Waals surface area contributed by atoms with Crippen molar-refractivity contribution in [1.82, 2.24) is 19.7 Å². The van der Waals surface area contributed by atoms with E-state index in [0.717, 1.165) is 5.75 Å². The van der Waals surface area contributed by atoms with Crippen molar-refractivity contribution in [3.63, 3.8) is 0 Å². The lowest BCUT2D eigenvalue weighted by Crippen LogP contribution is -2.12. The number of benzene rings is 2. The first-order valence-corrected chi connectivity index (χ1v) is 9.34. The molecule has 1 amide bonds. The van der Waals surface area contributed by atoms with Crippen LogP contribution in [0.4, 0.5) is 5.69 Å². The van der Waals surface area contributed by atoms with Gasteiger partial charge in [0.15, 0.2) is 5.82 Å². The SMILES string of the molecule is CCOc1ccc(Oc2ccc(NC(=O)c3ccc(-n4cncn4)nc3)cc2)cc1. The molecule has 2 heterocycles. The second-order valence-corrected chi connectivity index (χ2v) is 6.23. The molecular formula is C22H19N5O3. The Hall–Kier alpha value is -4.20. The fraction of sp³-hybridized carbons (Fsp3) is 0.0909. The molecule has 1 N–H and O–H groups in total. The molecule has 0 aliphatic carbocycles. The van der Waals surface area contributed by atoms with E-state index < -0.39 is 0 Å². The van der Waals surface area contributed by atoms with E-state index in [4.69, 9.17) is 9.47 Å². The Morgan fingerprint density at radius 1 is 0.967 bits per heavy atom. The van der Waals surface area contributed by atoms with Gasteiger partial charge in [0.2, 0.25) is 0 Å². The van der Waals surface area contributed by atoms with Crippen LogP contribution in [0.25, 0.3) is 5.82 Å². The Morgan fingerprint density at radius 3 is 2.27 bits per heavy atom. The predicted molar refractivity (Wildman–Crippen MR) is 111 cm³/mol. The van der Waals surface area contributed by atoms with Crippen molar-refractivity contribution in [1.29, 1.82) is 0 Å². The molecule has 2 aromatic heterocycles. The topological polar surface area (TPSA) is 91.2 Å². The van der Waals surface area contributed by atoms with Crippen molar-refractivity contribution in [2.75, 3.05) is 11.9 Å². The van der Waals surface area contributed by atoms with Gasteiger partial charge in [-0.3, -0.25) is 4.79 Å². The molecule has 0 aliphatic rings. The molecule has 0 atom stereocenters. The highest BCUT2D eigenvalue weighted by molar-refractivity contribution is 6.04. The molecule has 0 bridgehead atoms. The summed E-state index contributed by atoms with van der Waals surface area (Å²) in [6.45, 7) is 2.56. The minimum Gasteiger partial charge on any atom is -0.494 e. The van der Waals surface area contributed by atoms with Gasteiger partial charge >= 0.3 is 0 Å². The molecule has 0 saturated heterocycles. The molecule has 8 nitrogen and oxygen atoms in total. The van der Waals surface area contributed by atoms with E-state index in [2.05, 4.69) is 20.4 Å². The molecule has 0 aliphatic heterocycles. The van der Waals surface area contributed by atoms with E-state index in [1.165, 1.54) is 17.2 Å². The molecule has 0 radical (unpaired) electrons. The third-order valence-corrected chi connectivity index (χ3v) is 4.15. The van der Waals surface area contributed by atoms with Gasteiger partial charge in [0, 0.05) is 11.9 Å². The van der Waals surface area contributed by atoms with Crippen LogP contribution in [-0.2, 0) is 0 Å². The summed E-state index contributed by atoms with van der Waals surface area (Å²) in [6.07, 6.45) is 4.46.